The van der Waals surface area contributed by atoms with Crippen LogP contribution in [0.4, 0.5) is 26.3 Å². The molecule has 24 heavy (non-hydrogen) atoms. The van der Waals surface area contributed by atoms with Crippen LogP contribution in [0.1, 0.15) is 0 Å². The summed E-state index contributed by atoms with van der Waals surface area (Å²) in [6, 6.07) is 0. The fourth-order valence-electron chi connectivity index (χ4n) is 2.30. The smallest absolute Gasteiger partial charge is 0.213 e. The quantitative estimate of drug-likeness (QED) is 0.361. The van der Waals surface area contributed by atoms with Crippen LogP contribution in [0.2, 0.25) is 0 Å². The first-order chi connectivity index (χ1) is 11.4. The number of hydrogen-bond donors (Lipinski definition) is 0. The van der Waals surface area contributed by atoms with Crippen LogP contribution >= 0.6 is 0 Å². The third-order valence-electron chi connectivity index (χ3n) is 3.26. The van der Waals surface area contributed by atoms with Crippen LogP contribution in [-0.4, -0.2) is 30.4 Å². The second-order valence-corrected chi connectivity index (χ2v) is 4.56. The lowest BCUT2D eigenvalue weighted by molar-refractivity contribution is 0.458. The summed E-state index contributed by atoms with van der Waals surface area (Å²) < 4.78 is 81.7. The van der Waals surface area contributed by atoms with E-state index in [1.165, 1.54) is 0 Å². The fraction of sp³-hybridized carbons (Fsp3) is 0. The molecule has 0 aliphatic heterocycles. The Kier molecular flexibility index (Phi) is 2.80. The van der Waals surface area contributed by atoms with Gasteiger partial charge in [0, 0.05) is 0 Å². The largest absolute Gasteiger partial charge is 0.269 e. The van der Waals surface area contributed by atoms with E-state index in [2.05, 4.69) is 30.4 Å². The molecule has 4 rings (SSSR count). The Labute approximate surface area is 126 Å². The van der Waals surface area contributed by atoms with Crippen LogP contribution in [0.15, 0.2) is 0 Å². The molecule has 6 nitrogen and oxygen atoms in total. The molecule has 4 aromatic rings. The molecule has 0 atom stereocenters. The maximum atomic E-state index is 14.1. The van der Waals surface area contributed by atoms with Crippen molar-refractivity contribution in [1.29, 1.82) is 0 Å². The predicted octanol–water partition coefficient (Wildman–Crippen LogP) is 2.35. The van der Waals surface area contributed by atoms with Crippen molar-refractivity contribution < 1.29 is 26.3 Å². The van der Waals surface area contributed by atoms with Crippen LogP contribution in [0.5, 0.6) is 0 Å². The highest BCUT2D eigenvalue weighted by Crippen LogP contribution is 2.34. The minimum atomic E-state index is -1.75. The molecule has 0 fully saturated rings. The molecule has 1 aromatic carbocycles. The molecule has 0 spiro atoms. The fourth-order valence-corrected chi connectivity index (χ4v) is 2.30. The Hall–Kier alpha value is -3.18. The van der Waals surface area contributed by atoms with Crippen LogP contribution in [0.25, 0.3) is 32.8 Å². The molecule has 0 radical (unpaired) electrons. The number of halogens is 6. The van der Waals surface area contributed by atoms with E-state index in [9.17, 15) is 26.3 Å². The first kappa shape index (κ1) is 14.4. The van der Waals surface area contributed by atoms with Crippen molar-refractivity contribution in [3.63, 3.8) is 0 Å². The van der Waals surface area contributed by atoms with E-state index in [-0.39, 0.29) is 0 Å². The van der Waals surface area contributed by atoms with Gasteiger partial charge in [-0.2, -0.15) is 17.6 Å². The second kappa shape index (κ2) is 4.66. The van der Waals surface area contributed by atoms with E-state index in [1.807, 2.05) is 0 Å². The zero-order valence-electron chi connectivity index (χ0n) is 11.0. The van der Waals surface area contributed by atoms with Crippen LogP contribution < -0.4 is 0 Å². The Morgan fingerprint density at radius 3 is 1.17 bits per heavy atom. The summed E-state index contributed by atoms with van der Waals surface area (Å²) >= 11 is 0. The van der Waals surface area contributed by atoms with Crippen molar-refractivity contribution in [2.24, 2.45) is 0 Å². The first-order valence-electron chi connectivity index (χ1n) is 6.07. The normalized spacial score (nSPS) is 11.8. The number of nitrogens with zero attached hydrogens (tertiary/aromatic N) is 6. The molecule has 0 aliphatic rings. The monoisotopic (exact) mass is 342 g/mol. The van der Waals surface area contributed by atoms with Gasteiger partial charge in [0.25, 0.3) is 23.8 Å². The number of benzene rings is 1. The molecular formula is C12F6N6. The third kappa shape index (κ3) is 1.73. The van der Waals surface area contributed by atoms with Gasteiger partial charge in [0.2, 0.25) is 0 Å². The van der Waals surface area contributed by atoms with E-state index in [0.29, 0.717) is 0 Å². The van der Waals surface area contributed by atoms with Crippen molar-refractivity contribution in [3.8, 4) is 0 Å². The van der Waals surface area contributed by atoms with E-state index < -0.39 is 68.3 Å². The topological polar surface area (TPSA) is 77.3 Å². The Bertz CT molecular complexity index is 1090. The molecule has 0 saturated heterocycles. The summed E-state index contributed by atoms with van der Waals surface area (Å²) in [4.78, 5) is 6.22. The minimum absolute atomic E-state index is 0.567. The van der Waals surface area contributed by atoms with Crippen molar-refractivity contribution in [2.45, 2.75) is 0 Å². The zero-order chi connectivity index (χ0) is 17.2. The van der Waals surface area contributed by atoms with Crippen LogP contribution in [0.3, 0.4) is 0 Å². The van der Waals surface area contributed by atoms with Gasteiger partial charge in [-0.1, -0.05) is 0 Å². The Balaban J connectivity index is 2.46. The van der Waals surface area contributed by atoms with Crippen molar-refractivity contribution in [3.05, 3.63) is 35.4 Å². The van der Waals surface area contributed by atoms with Gasteiger partial charge in [-0.15, -0.1) is 20.4 Å². The van der Waals surface area contributed by atoms with Crippen molar-refractivity contribution in [2.75, 3.05) is 0 Å². The lowest BCUT2D eigenvalue weighted by atomic mass is 10.1. The minimum Gasteiger partial charge on any atom is -0.213 e. The molecule has 12 heteroatoms. The standard InChI is InChI=1S/C12F6N6/c13-3-1-5-6(20-12(18)11(17)19-5)2-4(14)10(16)24-22-8(2)7(1)21-23-9(3)15. The van der Waals surface area contributed by atoms with E-state index in [1.54, 1.807) is 0 Å². The number of fused-ring (bicyclic) bond motifs is 6. The summed E-state index contributed by atoms with van der Waals surface area (Å²) in [6.45, 7) is 0. The van der Waals surface area contributed by atoms with Crippen LogP contribution in [-0.2, 0) is 0 Å². The maximum Gasteiger partial charge on any atom is 0.269 e. The third-order valence-corrected chi connectivity index (χ3v) is 3.26. The van der Waals surface area contributed by atoms with E-state index >= 15 is 0 Å². The van der Waals surface area contributed by atoms with Gasteiger partial charge in [-0.3, -0.25) is 0 Å². The van der Waals surface area contributed by atoms with Gasteiger partial charge >= 0.3 is 0 Å². The highest BCUT2D eigenvalue weighted by Gasteiger charge is 2.25. The number of hydrogen-bond acceptors (Lipinski definition) is 6. The van der Waals surface area contributed by atoms with Gasteiger partial charge in [0.15, 0.2) is 11.6 Å². The van der Waals surface area contributed by atoms with Gasteiger partial charge < -0.3 is 0 Å². The summed E-state index contributed by atoms with van der Waals surface area (Å²) in [5.74, 6) is -10.0. The first-order valence-corrected chi connectivity index (χ1v) is 6.07. The Morgan fingerprint density at radius 2 is 0.792 bits per heavy atom. The predicted molar refractivity (Wildman–Crippen MR) is 65.5 cm³/mol. The van der Waals surface area contributed by atoms with Gasteiger partial charge in [-0.25, -0.2) is 18.7 Å². The molecule has 3 heterocycles. The lowest BCUT2D eigenvalue weighted by Crippen LogP contribution is -2.05. The van der Waals surface area contributed by atoms with E-state index in [0.717, 1.165) is 0 Å². The number of rotatable bonds is 0. The molecule has 0 N–H and O–H groups in total. The van der Waals surface area contributed by atoms with Crippen LogP contribution in [0, 0.1) is 35.4 Å². The van der Waals surface area contributed by atoms with Gasteiger partial charge in [0.05, 0.1) is 10.8 Å². The van der Waals surface area contributed by atoms with Crippen molar-refractivity contribution in [1.82, 2.24) is 30.4 Å². The highest BCUT2D eigenvalue weighted by atomic mass is 19.2. The highest BCUT2D eigenvalue weighted by molar-refractivity contribution is 6.20. The van der Waals surface area contributed by atoms with Crippen molar-refractivity contribution >= 4 is 32.8 Å². The summed E-state index contributed by atoms with van der Waals surface area (Å²) in [7, 11) is 0. The second-order valence-electron chi connectivity index (χ2n) is 4.56. The van der Waals surface area contributed by atoms with Gasteiger partial charge in [0.1, 0.15) is 22.1 Å². The molecule has 0 amide bonds. The molecule has 0 aliphatic carbocycles. The molecule has 0 unspecified atom stereocenters. The molecule has 3 aromatic heterocycles. The average molecular weight is 342 g/mol. The average Bonchev–Trinajstić information content (AvgIpc) is 2.55. The molecular weight excluding hydrogens is 342 g/mol. The lowest BCUT2D eigenvalue weighted by Gasteiger charge is -2.08. The summed E-state index contributed by atoms with van der Waals surface area (Å²) in [6.07, 6.45) is 0. The SMILES string of the molecule is Fc1nc2c(nc1F)c1c(F)c(F)nnc1c1nnc(F)c(F)c12. The molecule has 0 saturated carbocycles. The summed E-state index contributed by atoms with van der Waals surface area (Å²) in [5.41, 5.74) is -2.67. The maximum absolute atomic E-state index is 14.1. The molecule has 120 valence electrons. The number of aromatic nitrogens is 6. The zero-order valence-corrected chi connectivity index (χ0v) is 11.0. The Morgan fingerprint density at radius 1 is 0.417 bits per heavy atom. The van der Waals surface area contributed by atoms with Gasteiger partial charge in [-0.05, 0) is 0 Å². The summed E-state index contributed by atoms with van der Waals surface area (Å²) in [5, 5.41) is 10.8. The molecule has 0 bridgehead atoms. The van der Waals surface area contributed by atoms with E-state index in [4.69, 9.17) is 0 Å².